The molecule has 0 aliphatic carbocycles. The van der Waals surface area contributed by atoms with E-state index in [1.54, 1.807) is 6.92 Å². The second-order valence-electron chi connectivity index (χ2n) is 1.07. The molecular formula is C5H6Cl2. The van der Waals surface area contributed by atoms with Gasteiger partial charge in [0, 0.05) is 0 Å². The minimum Gasteiger partial charge on any atom is -0.113 e. The number of hydrogen-bond acceptors (Lipinski definition) is 0. The van der Waals surface area contributed by atoms with Crippen LogP contribution in [0.3, 0.4) is 0 Å². The summed E-state index contributed by atoms with van der Waals surface area (Å²) in [6.07, 6.45) is 0. The molecule has 7 heavy (non-hydrogen) atoms. The van der Waals surface area contributed by atoms with Crippen molar-refractivity contribution in [2.24, 2.45) is 0 Å². The molecule has 0 aliphatic rings. The van der Waals surface area contributed by atoms with Gasteiger partial charge in [0.2, 0.25) is 0 Å². The van der Waals surface area contributed by atoms with Gasteiger partial charge in [-0.15, -0.1) is 23.2 Å². The molecule has 0 bridgehead atoms. The van der Waals surface area contributed by atoms with Crippen LogP contribution in [0.25, 0.3) is 0 Å². The SMILES string of the molecule is CC(Cl)C#CCCl. The zero-order valence-electron chi connectivity index (χ0n) is 4.04. The fourth-order valence-corrected chi connectivity index (χ4v) is 0.334. The third-order valence-electron chi connectivity index (χ3n) is 0.368. The normalized spacial score (nSPS) is 11.9. The highest BCUT2D eigenvalue weighted by Gasteiger charge is 1.80. The highest BCUT2D eigenvalue weighted by molar-refractivity contribution is 6.22. The van der Waals surface area contributed by atoms with E-state index in [-0.39, 0.29) is 5.38 Å². The molecule has 0 rings (SSSR count). The first-order chi connectivity index (χ1) is 3.27. The number of rotatable bonds is 0. The summed E-state index contributed by atoms with van der Waals surface area (Å²) in [5, 5.41) is -0.0706. The van der Waals surface area contributed by atoms with E-state index in [1.807, 2.05) is 0 Å². The highest BCUT2D eigenvalue weighted by Crippen LogP contribution is 1.87. The van der Waals surface area contributed by atoms with Crippen molar-refractivity contribution in [2.75, 3.05) is 5.88 Å². The third kappa shape index (κ3) is 6.14. The average Bonchev–Trinajstić information content (AvgIpc) is 1.61. The van der Waals surface area contributed by atoms with Gasteiger partial charge in [0.1, 0.15) is 0 Å². The summed E-state index contributed by atoms with van der Waals surface area (Å²) in [6, 6.07) is 0. The molecule has 40 valence electrons. The number of halogens is 2. The van der Waals surface area contributed by atoms with E-state index < -0.39 is 0 Å². The van der Waals surface area contributed by atoms with E-state index in [2.05, 4.69) is 11.8 Å². The largest absolute Gasteiger partial charge is 0.113 e. The van der Waals surface area contributed by atoms with E-state index in [0.29, 0.717) is 5.88 Å². The van der Waals surface area contributed by atoms with Crippen LogP contribution in [0.5, 0.6) is 0 Å². The van der Waals surface area contributed by atoms with Crippen LogP contribution in [0, 0.1) is 11.8 Å². The molecule has 0 aromatic heterocycles. The standard InChI is InChI=1S/C5H6Cl2/c1-5(7)3-2-4-6/h5H,4H2,1H3. The van der Waals surface area contributed by atoms with Gasteiger partial charge in [-0.05, 0) is 6.92 Å². The highest BCUT2D eigenvalue weighted by atomic mass is 35.5. The van der Waals surface area contributed by atoms with Crippen LogP contribution < -0.4 is 0 Å². The maximum Gasteiger partial charge on any atom is 0.0915 e. The number of hydrogen-bond donors (Lipinski definition) is 0. The lowest BCUT2D eigenvalue weighted by atomic mass is 10.5. The average molecular weight is 137 g/mol. The van der Waals surface area contributed by atoms with E-state index in [1.165, 1.54) is 0 Å². The van der Waals surface area contributed by atoms with E-state index in [4.69, 9.17) is 23.2 Å². The molecule has 1 atom stereocenters. The second kappa shape index (κ2) is 4.30. The Kier molecular flexibility index (Phi) is 4.39. The van der Waals surface area contributed by atoms with Crippen LogP contribution in [-0.4, -0.2) is 11.3 Å². The predicted molar refractivity (Wildman–Crippen MR) is 33.8 cm³/mol. The maximum atomic E-state index is 5.42. The maximum absolute atomic E-state index is 5.42. The van der Waals surface area contributed by atoms with E-state index >= 15 is 0 Å². The van der Waals surface area contributed by atoms with Gasteiger partial charge in [-0.2, -0.15) is 0 Å². The summed E-state index contributed by atoms with van der Waals surface area (Å²) in [6.45, 7) is 1.81. The summed E-state index contributed by atoms with van der Waals surface area (Å²) in [7, 11) is 0. The van der Waals surface area contributed by atoms with Crippen molar-refractivity contribution in [3.05, 3.63) is 0 Å². The first-order valence-corrected chi connectivity index (χ1v) is 2.93. The fraction of sp³-hybridized carbons (Fsp3) is 0.600. The Hall–Kier alpha value is 0.140. The molecule has 0 spiro atoms. The van der Waals surface area contributed by atoms with Crippen LogP contribution in [0.2, 0.25) is 0 Å². The molecule has 0 N–H and O–H groups in total. The van der Waals surface area contributed by atoms with Crippen LogP contribution in [0.1, 0.15) is 6.92 Å². The smallest absolute Gasteiger partial charge is 0.0915 e. The van der Waals surface area contributed by atoms with Crippen molar-refractivity contribution < 1.29 is 0 Å². The molecule has 0 fully saturated rings. The Bertz CT molecular complexity index is 86.0. The number of alkyl halides is 2. The monoisotopic (exact) mass is 136 g/mol. The zero-order chi connectivity index (χ0) is 5.70. The van der Waals surface area contributed by atoms with Crippen molar-refractivity contribution in [1.29, 1.82) is 0 Å². The lowest BCUT2D eigenvalue weighted by molar-refractivity contribution is 1.28. The van der Waals surface area contributed by atoms with Gasteiger partial charge in [0.25, 0.3) is 0 Å². The lowest BCUT2D eigenvalue weighted by Gasteiger charge is -1.80. The predicted octanol–water partition coefficient (Wildman–Crippen LogP) is 1.86. The Morgan fingerprint density at radius 2 is 2.29 bits per heavy atom. The minimum atomic E-state index is -0.0706. The molecule has 0 amide bonds. The summed E-state index contributed by atoms with van der Waals surface area (Å²) in [4.78, 5) is 0. The molecule has 0 nitrogen and oxygen atoms in total. The first-order valence-electron chi connectivity index (χ1n) is 1.96. The molecule has 1 unspecified atom stereocenters. The molecule has 0 aromatic rings. The van der Waals surface area contributed by atoms with Crippen molar-refractivity contribution in [2.45, 2.75) is 12.3 Å². The van der Waals surface area contributed by atoms with E-state index in [9.17, 15) is 0 Å². The van der Waals surface area contributed by atoms with Crippen LogP contribution in [-0.2, 0) is 0 Å². The zero-order valence-corrected chi connectivity index (χ0v) is 5.55. The Morgan fingerprint density at radius 3 is 2.43 bits per heavy atom. The van der Waals surface area contributed by atoms with Gasteiger partial charge in [0.05, 0.1) is 11.3 Å². The molecule has 0 saturated carbocycles. The Labute approximate surface area is 53.8 Å². The molecule has 2 heteroatoms. The van der Waals surface area contributed by atoms with Gasteiger partial charge in [-0.3, -0.25) is 0 Å². The minimum absolute atomic E-state index is 0.0706. The molecule has 0 heterocycles. The van der Waals surface area contributed by atoms with Gasteiger partial charge >= 0.3 is 0 Å². The van der Waals surface area contributed by atoms with Crippen molar-refractivity contribution in [1.82, 2.24) is 0 Å². The van der Waals surface area contributed by atoms with Crippen molar-refractivity contribution in [3.63, 3.8) is 0 Å². The first kappa shape index (κ1) is 7.14. The summed E-state index contributed by atoms with van der Waals surface area (Å²) in [5.74, 6) is 5.68. The quantitative estimate of drug-likeness (QED) is 0.353. The summed E-state index contributed by atoms with van der Waals surface area (Å²) in [5.41, 5.74) is 0. The van der Waals surface area contributed by atoms with Crippen LogP contribution in [0.15, 0.2) is 0 Å². The van der Waals surface area contributed by atoms with Gasteiger partial charge in [-0.25, -0.2) is 0 Å². The van der Waals surface area contributed by atoms with Crippen LogP contribution >= 0.6 is 23.2 Å². The second-order valence-corrected chi connectivity index (χ2v) is 1.99. The van der Waals surface area contributed by atoms with Gasteiger partial charge in [-0.1, -0.05) is 11.8 Å². The van der Waals surface area contributed by atoms with Crippen LogP contribution in [0.4, 0.5) is 0 Å². The molecule has 0 saturated heterocycles. The Morgan fingerprint density at radius 1 is 1.71 bits per heavy atom. The molecular weight excluding hydrogens is 131 g/mol. The van der Waals surface area contributed by atoms with E-state index in [0.717, 1.165) is 0 Å². The molecule has 0 radical (unpaired) electrons. The Balaban J connectivity index is 3.24. The summed E-state index contributed by atoms with van der Waals surface area (Å²) < 4.78 is 0. The van der Waals surface area contributed by atoms with Gasteiger partial charge in [0.15, 0.2) is 0 Å². The topological polar surface area (TPSA) is 0 Å². The van der Waals surface area contributed by atoms with Gasteiger partial charge < -0.3 is 0 Å². The third-order valence-corrected chi connectivity index (χ3v) is 0.611. The van der Waals surface area contributed by atoms with Crippen molar-refractivity contribution in [3.8, 4) is 11.8 Å². The molecule has 0 aromatic carbocycles. The van der Waals surface area contributed by atoms with Crippen molar-refractivity contribution >= 4 is 23.2 Å². The summed E-state index contributed by atoms with van der Waals surface area (Å²) >= 11 is 10.6. The lowest BCUT2D eigenvalue weighted by Crippen LogP contribution is -1.80. The molecule has 0 aliphatic heterocycles. The fourth-order valence-electron chi connectivity index (χ4n) is 0.179.